The molecule has 5 amide bonds. The maximum absolute atomic E-state index is 14.2. The molecule has 0 saturated carbocycles. The number of rotatable bonds is 25. The molecule has 7 atom stereocenters. The van der Waals surface area contributed by atoms with Crippen LogP contribution in [-0.4, -0.2) is 130 Å². The predicted molar refractivity (Wildman–Crippen MR) is 231 cm³/mol. The lowest BCUT2D eigenvalue weighted by Crippen LogP contribution is -2.73. The van der Waals surface area contributed by atoms with Gasteiger partial charge in [-0.25, -0.2) is 4.79 Å². The van der Waals surface area contributed by atoms with Gasteiger partial charge in [-0.1, -0.05) is 74.5 Å². The van der Waals surface area contributed by atoms with Crippen LogP contribution in [0.15, 0.2) is 60.7 Å². The largest absolute Gasteiger partial charge is 0.481 e. The zero-order valence-electron chi connectivity index (χ0n) is 34.2. The molecule has 60 heavy (non-hydrogen) atoms. The summed E-state index contributed by atoms with van der Waals surface area (Å²) in [6, 6.07) is 12.8. The fourth-order valence-corrected chi connectivity index (χ4v) is 8.06. The summed E-state index contributed by atoms with van der Waals surface area (Å²) in [5.74, 6) is -4.91. The number of likely N-dealkylation sites (tertiary alicyclic amines) is 2. The van der Waals surface area contributed by atoms with Crippen molar-refractivity contribution >= 4 is 64.3 Å². The second-order valence-corrected chi connectivity index (χ2v) is 16.8. The molecule has 2 heterocycles. The molecule has 2 aliphatic rings. The second-order valence-electron chi connectivity index (χ2n) is 16.1. The fraction of sp³-hybridized carbons (Fsp3) is 0.548. The summed E-state index contributed by atoms with van der Waals surface area (Å²) in [5, 5.41) is 29.5. The molecule has 2 aliphatic heterocycles. The van der Waals surface area contributed by atoms with E-state index in [1.54, 1.807) is 4.90 Å². The van der Waals surface area contributed by atoms with E-state index < -0.39 is 72.2 Å². The van der Waals surface area contributed by atoms with Gasteiger partial charge < -0.3 is 42.1 Å². The lowest BCUT2D eigenvalue weighted by atomic mass is 9.86. The van der Waals surface area contributed by atoms with Crippen LogP contribution in [0.5, 0.6) is 0 Å². The number of carbonyl (C=O) groups is 7. The maximum atomic E-state index is 14.2. The first-order valence-electron chi connectivity index (χ1n) is 20.5. The number of amides is 5. The number of hydrogen-bond acceptors (Lipinski definition) is 10. The molecule has 2 aromatic carbocycles. The highest BCUT2D eigenvalue weighted by atomic mass is 127. The number of carboxylic acids is 2. The Morgan fingerprint density at radius 3 is 1.87 bits per heavy atom. The van der Waals surface area contributed by atoms with E-state index in [0.717, 1.165) is 17.5 Å². The number of unbranched alkanes of at least 4 members (excludes halogenated alkanes) is 1. The van der Waals surface area contributed by atoms with E-state index in [4.69, 9.17) is 10.8 Å². The summed E-state index contributed by atoms with van der Waals surface area (Å²) in [5.41, 5.74) is 7.96. The SMILES string of the molecule is CC(C)CC(NC(=O)C(Cc1ccccc1)NC(=O)C(N)Cc1ccccc1)C(=O)NC(CCCCNI)C(=O)N1C2CC1CN(CC(=O)NC(CCC(=O)O)C(=O)O)C2. The average Bonchev–Trinajstić information content (AvgIpc) is 3.20. The number of nitrogens with zero attached hydrogens (tertiary/aromatic N) is 2. The van der Waals surface area contributed by atoms with E-state index in [-0.39, 0.29) is 56.1 Å². The number of carbonyl (C=O) groups excluding carboxylic acids is 5. The molecule has 2 fully saturated rings. The molecule has 328 valence electrons. The van der Waals surface area contributed by atoms with Crippen molar-refractivity contribution in [1.82, 2.24) is 34.6 Å². The van der Waals surface area contributed by atoms with Crippen molar-refractivity contribution in [3.05, 3.63) is 71.8 Å². The van der Waals surface area contributed by atoms with Crippen molar-refractivity contribution in [2.45, 2.75) is 114 Å². The maximum Gasteiger partial charge on any atom is 0.326 e. The molecule has 0 spiro atoms. The summed E-state index contributed by atoms with van der Waals surface area (Å²) in [6.07, 6.45) is 2.47. The van der Waals surface area contributed by atoms with Gasteiger partial charge in [0, 0.05) is 67.4 Å². The quantitative estimate of drug-likeness (QED) is 0.0397. The topological polar surface area (TPSA) is 253 Å². The molecule has 2 aromatic rings. The van der Waals surface area contributed by atoms with Crippen LogP contribution in [0.3, 0.4) is 0 Å². The lowest BCUT2D eigenvalue weighted by Gasteiger charge is -2.57. The number of nitrogens with one attached hydrogen (secondary N) is 5. The monoisotopic (exact) mass is 946 g/mol. The molecular formula is C42H59IN8O9. The smallest absolute Gasteiger partial charge is 0.326 e. The molecule has 7 unspecified atom stereocenters. The van der Waals surface area contributed by atoms with Gasteiger partial charge in [-0.3, -0.25) is 37.2 Å². The highest BCUT2D eigenvalue weighted by Gasteiger charge is 2.49. The van der Waals surface area contributed by atoms with Crippen LogP contribution in [0, 0.1) is 5.92 Å². The standard InChI is InChI=1S/C42H59IN8O9/c1-26(2)19-34(49-40(57)35(21-28-13-7-4-8-14-28)48-38(55)31(44)20-27-11-5-3-6-12-27)39(56)47-32(15-9-10-18-45-43)41(58)51-29-22-30(51)24-50(23-29)25-36(52)46-33(42(59)60)16-17-37(53)54/h3-8,11-14,26,29-35,45H,9-10,15-25,44H2,1-2H3,(H,46,52)(H,47,56)(H,48,55)(H,49,57)(H,53,54)(H,59,60). The predicted octanol–water partition coefficient (Wildman–Crippen LogP) is 1.13. The van der Waals surface area contributed by atoms with Gasteiger partial charge in [0.15, 0.2) is 0 Å². The summed E-state index contributed by atoms with van der Waals surface area (Å²) in [7, 11) is 0. The highest BCUT2D eigenvalue weighted by Crippen LogP contribution is 2.33. The number of hydrogen-bond donors (Lipinski definition) is 8. The second kappa shape index (κ2) is 24.0. The van der Waals surface area contributed by atoms with Crippen molar-refractivity contribution in [3.8, 4) is 0 Å². The number of piperidine rings is 1. The van der Waals surface area contributed by atoms with Gasteiger partial charge in [-0.2, -0.15) is 0 Å². The zero-order valence-corrected chi connectivity index (χ0v) is 36.3. The van der Waals surface area contributed by atoms with Gasteiger partial charge in [0.25, 0.3) is 0 Å². The van der Waals surface area contributed by atoms with Gasteiger partial charge >= 0.3 is 11.9 Å². The molecule has 2 saturated heterocycles. The molecule has 4 rings (SSSR count). The number of piperazine rings is 1. The van der Waals surface area contributed by atoms with Gasteiger partial charge in [0.2, 0.25) is 29.5 Å². The minimum atomic E-state index is -1.33. The van der Waals surface area contributed by atoms with Crippen molar-refractivity contribution in [1.29, 1.82) is 0 Å². The fourth-order valence-electron chi connectivity index (χ4n) is 7.68. The Kier molecular flexibility index (Phi) is 19.2. The normalized spacial score (nSPS) is 18.5. The van der Waals surface area contributed by atoms with Crippen LogP contribution in [0.4, 0.5) is 0 Å². The van der Waals surface area contributed by atoms with E-state index in [2.05, 4.69) is 47.7 Å². The Morgan fingerprint density at radius 2 is 1.30 bits per heavy atom. The van der Waals surface area contributed by atoms with Crippen LogP contribution in [0.2, 0.25) is 0 Å². The minimum Gasteiger partial charge on any atom is -0.481 e. The van der Waals surface area contributed by atoms with Crippen LogP contribution < -0.4 is 30.5 Å². The third kappa shape index (κ3) is 15.1. The van der Waals surface area contributed by atoms with E-state index in [9.17, 15) is 38.7 Å². The van der Waals surface area contributed by atoms with Crippen LogP contribution in [0.1, 0.15) is 69.9 Å². The Balaban J connectivity index is 1.44. The lowest BCUT2D eigenvalue weighted by molar-refractivity contribution is -0.158. The molecule has 18 heteroatoms. The number of halogens is 1. The molecule has 9 N–H and O–H groups in total. The Labute approximate surface area is 364 Å². The van der Waals surface area contributed by atoms with Gasteiger partial charge in [0.05, 0.1) is 12.6 Å². The first kappa shape index (κ1) is 48.0. The first-order chi connectivity index (χ1) is 28.6. The minimum absolute atomic E-state index is 0.0211. The van der Waals surface area contributed by atoms with Crippen molar-refractivity contribution in [2.75, 3.05) is 26.2 Å². The van der Waals surface area contributed by atoms with E-state index in [0.29, 0.717) is 38.9 Å². The number of nitrogens with two attached hydrogens (primary N) is 1. The van der Waals surface area contributed by atoms with Crippen molar-refractivity contribution in [3.63, 3.8) is 0 Å². The average molecular weight is 947 g/mol. The Hall–Kier alpha value is -4.66. The number of fused-ring (bicyclic) bond motifs is 2. The molecule has 0 radical (unpaired) electrons. The van der Waals surface area contributed by atoms with Gasteiger partial charge in [-0.15, -0.1) is 0 Å². The third-order valence-corrected chi connectivity index (χ3v) is 11.2. The van der Waals surface area contributed by atoms with Crippen LogP contribution in [-0.2, 0) is 46.4 Å². The van der Waals surface area contributed by atoms with Crippen LogP contribution >= 0.6 is 22.9 Å². The summed E-state index contributed by atoms with van der Waals surface area (Å²) >= 11 is 2.05. The van der Waals surface area contributed by atoms with E-state index in [1.807, 2.05) is 79.4 Å². The van der Waals surface area contributed by atoms with Crippen molar-refractivity contribution < 1.29 is 43.8 Å². The zero-order chi connectivity index (χ0) is 43.8. The van der Waals surface area contributed by atoms with E-state index >= 15 is 0 Å². The number of aliphatic carboxylic acids is 2. The van der Waals surface area contributed by atoms with Gasteiger partial charge in [-0.05, 0) is 62.0 Å². The molecule has 2 bridgehead atoms. The number of benzene rings is 2. The number of carboxylic acid groups (broad SMARTS) is 2. The molecular weight excluding hydrogens is 887 g/mol. The van der Waals surface area contributed by atoms with E-state index in [1.165, 1.54) is 0 Å². The Bertz CT molecular complexity index is 1760. The summed E-state index contributed by atoms with van der Waals surface area (Å²) in [4.78, 5) is 94.7. The molecule has 0 aliphatic carbocycles. The molecule has 17 nitrogen and oxygen atoms in total. The summed E-state index contributed by atoms with van der Waals surface area (Å²) < 4.78 is 3.07. The highest BCUT2D eigenvalue weighted by molar-refractivity contribution is 14.1. The van der Waals surface area contributed by atoms with Crippen LogP contribution in [0.25, 0.3) is 0 Å². The molecule has 0 aromatic heterocycles. The first-order valence-corrected chi connectivity index (χ1v) is 21.6. The Morgan fingerprint density at radius 1 is 0.733 bits per heavy atom. The third-order valence-electron chi connectivity index (χ3n) is 10.7. The van der Waals surface area contributed by atoms with Crippen molar-refractivity contribution in [2.24, 2.45) is 11.7 Å². The van der Waals surface area contributed by atoms with Gasteiger partial charge in [0.1, 0.15) is 24.2 Å². The summed E-state index contributed by atoms with van der Waals surface area (Å²) in [6.45, 7) is 5.15.